The van der Waals surface area contributed by atoms with Crippen molar-refractivity contribution in [2.75, 3.05) is 0 Å². The van der Waals surface area contributed by atoms with Gasteiger partial charge in [-0.3, -0.25) is 0 Å². The van der Waals surface area contributed by atoms with Crippen molar-refractivity contribution in [1.82, 2.24) is 10.1 Å². The van der Waals surface area contributed by atoms with Gasteiger partial charge in [0.15, 0.2) is 0 Å². The summed E-state index contributed by atoms with van der Waals surface area (Å²) in [5.41, 5.74) is 0.958. The Kier molecular flexibility index (Phi) is 0.974. The molecule has 1 N–H and O–H groups in total. The van der Waals surface area contributed by atoms with Crippen LogP contribution in [0.2, 0.25) is 0 Å². The second kappa shape index (κ2) is 1.80. The summed E-state index contributed by atoms with van der Waals surface area (Å²) in [5.74, 6) is 0.936. The predicted octanol–water partition coefficient (Wildman–Crippen LogP) is 0.457. The molecule has 3 heteroatoms. The minimum Gasteiger partial charge on any atom is -0.186 e. The Morgan fingerprint density at radius 2 is 2.40 bits per heavy atom. The number of aryl methyl sites for hydroxylation is 1. The van der Waals surface area contributed by atoms with Crippen molar-refractivity contribution < 1.29 is 4.52 Å². The third-order valence-corrected chi connectivity index (χ3v) is 1.40. The van der Waals surface area contributed by atoms with Crippen LogP contribution in [-0.2, 0) is 0 Å². The number of nitrogens with zero attached hydrogens (tertiary/aromatic N) is 2. The molecule has 0 aliphatic heterocycles. The molecule has 2 heterocycles. The van der Waals surface area contributed by atoms with Gasteiger partial charge in [-0.25, -0.2) is 0 Å². The minimum atomic E-state index is 0.936. The lowest BCUT2D eigenvalue weighted by molar-refractivity contribution is -0.578. The predicted molar refractivity (Wildman–Crippen MR) is 36.5 cm³/mol. The number of aromatic nitrogens is 3. The molecule has 2 rings (SSSR count). The van der Waals surface area contributed by atoms with Crippen LogP contribution in [0, 0.1) is 6.92 Å². The molecule has 10 heavy (non-hydrogen) atoms. The van der Waals surface area contributed by atoms with Crippen molar-refractivity contribution in [3.05, 3.63) is 30.2 Å². The first-order valence-corrected chi connectivity index (χ1v) is 3.19. The van der Waals surface area contributed by atoms with Crippen LogP contribution in [0.15, 0.2) is 24.4 Å². The molecular weight excluding hydrogens is 126 g/mol. The zero-order chi connectivity index (χ0) is 6.97. The molecule has 3 nitrogen and oxygen atoms in total. The fourth-order valence-electron chi connectivity index (χ4n) is 0.991. The highest BCUT2D eigenvalue weighted by atomic mass is 15.3. The standard InChI is InChI=1S/C7H7N3/c1-6-8-7-4-2-3-5-10(7)9-6/h2-5H,1H3/p+1. The number of H-pyrrole nitrogens is 1. The third kappa shape index (κ3) is 0.673. The Labute approximate surface area is 58.3 Å². The fraction of sp³-hybridized carbons (Fsp3) is 0.143. The summed E-state index contributed by atoms with van der Waals surface area (Å²) in [6, 6.07) is 5.89. The Morgan fingerprint density at radius 1 is 1.50 bits per heavy atom. The van der Waals surface area contributed by atoms with E-state index in [-0.39, 0.29) is 0 Å². The van der Waals surface area contributed by atoms with Crippen LogP contribution < -0.4 is 4.52 Å². The molecule has 2 aromatic heterocycles. The average Bonchev–Trinajstić information content (AvgIpc) is 2.27. The van der Waals surface area contributed by atoms with E-state index in [0.717, 1.165) is 11.5 Å². The molecule has 0 aliphatic rings. The summed E-state index contributed by atoms with van der Waals surface area (Å²) >= 11 is 0. The van der Waals surface area contributed by atoms with Crippen molar-refractivity contribution in [3.63, 3.8) is 0 Å². The van der Waals surface area contributed by atoms with Crippen LogP contribution in [-0.4, -0.2) is 10.1 Å². The molecular formula is C7H8N3+. The minimum absolute atomic E-state index is 0.936. The number of rotatable bonds is 0. The highest BCUT2D eigenvalue weighted by molar-refractivity contribution is 5.26. The van der Waals surface area contributed by atoms with E-state index < -0.39 is 0 Å². The number of nitrogens with one attached hydrogen (secondary N) is 1. The number of pyridine rings is 1. The van der Waals surface area contributed by atoms with Gasteiger partial charge in [-0.05, 0) is 11.1 Å². The van der Waals surface area contributed by atoms with Crippen LogP contribution in [0.1, 0.15) is 5.82 Å². The largest absolute Gasteiger partial charge is 0.348 e. The Hall–Kier alpha value is -1.38. The zero-order valence-electron chi connectivity index (χ0n) is 5.70. The number of hydrogen-bond acceptors (Lipinski definition) is 1. The lowest BCUT2D eigenvalue weighted by Gasteiger charge is -1.76. The molecule has 0 unspecified atom stereocenters. The molecule has 0 spiro atoms. The normalized spacial score (nSPS) is 10.5. The Morgan fingerprint density at radius 3 is 3.20 bits per heavy atom. The van der Waals surface area contributed by atoms with E-state index in [1.165, 1.54) is 0 Å². The van der Waals surface area contributed by atoms with Crippen molar-refractivity contribution in [3.8, 4) is 0 Å². The fourth-order valence-corrected chi connectivity index (χ4v) is 0.991. The smallest absolute Gasteiger partial charge is 0.186 e. The van der Waals surface area contributed by atoms with Crippen LogP contribution in [0.25, 0.3) is 5.65 Å². The van der Waals surface area contributed by atoms with Gasteiger partial charge in [-0.2, -0.15) is 5.10 Å². The molecule has 0 amide bonds. The molecule has 2 aromatic rings. The van der Waals surface area contributed by atoms with E-state index in [1.807, 2.05) is 35.8 Å². The van der Waals surface area contributed by atoms with E-state index in [0.29, 0.717) is 0 Å². The maximum absolute atomic E-state index is 4.22. The van der Waals surface area contributed by atoms with Crippen molar-refractivity contribution in [2.24, 2.45) is 0 Å². The number of fused-ring (bicyclic) bond motifs is 1. The van der Waals surface area contributed by atoms with Gasteiger partial charge in [-0.1, -0.05) is 6.07 Å². The van der Waals surface area contributed by atoms with Crippen LogP contribution in [0.3, 0.4) is 0 Å². The Bertz CT molecular complexity index is 317. The van der Waals surface area contributed by atoms with Gasteiger partial charge in [0.2, 0.25) is 5.82 Å². The van der Waals surface area contributed by atoms with Crippen molar-refractivity contribution >= 4 is 5.65 Å². The highest BCUT2D eigenvalue weighted by Gasteiger charge is 2.04. The lowest BCUT2D eigenvalue weighted by Crippen LogP contribution is -2.21. The molecule has 0 aliphatic carbocycles. The first-order valence-electron chi connectivity index (χ1n) is 3.19. The average molecular weight is 134 g/mol. The van der Waals surface area contributed by atoms with Gasteiger partial charge >= 0.3 is 5.65 Å². The van der Waals surface area contributed by atoms with Crippen LogP contribution in [0.4, 0.5) is 0 Å². The van der Waals surface area contributed by atoms with Gasteiger partial charge in [0.25, 0.3) is 0 Å². The Balaban J connectivity index is 2.88. The molecule has 0 saturated carbocycles. The summed E-state index contributed by atoms with van der Waals surface area (Å²) in [5, 5.41) is 3.06. The SMILES string of the molecule is Cc1nc2cccc[n+]2[nH]1. The third-order valence-electron chi connectivity index (χ3n) is 1.40. The molecule has 0 bridgehead atoms. The summed E-state index contributed by atoms with van der Waals surface area (Å²) in [6.45, 7) is 1.94. The second-order valence-corrected chi connectivity index (χ2v) is 2.24. The molecule has 0 aromatic carbocycles. The first-order chi connectivity index (χ1) is 4.86. The van der Waals surface area contributed by atoms with Gasteiger partial charge in [0, 0.05) is 13.0 Å². The van der Waals surface area contributed by atoms with Crippen molar-refractivity contribution in [1.29, 1.82) is 0 Å². The van der Waals surface area contributed by atoms with Gasteiger partial charge in [-0.15, -0.1) is 4.52 Å². The summed E-state index contributed by atoms with van der Waals surface area (Å²) in [6.07, 6.45) is 1.94. The topological polar surface area (TPSA) is 32.8 Å². The van der Waals surface area contributed by atoms with Crippen molar-refractivity contribution in [2.45, 2.75) is 6.92 Å². The van der Waals surface area contributed by atoms with E-state index in [9.17, 15) is 0 Å². The van der Waals surface area contributed by atoms with E-state index in [4.69, 9.17) is 0 Å². The molecule has 50 valence electrons. The number of hydrogen-bond donors (Lipinski definition) is 1. The zero-order valence-corrected chi connectivity index (χ0v) is 5.70. The van der Waals surface area contributed by atoms with Gasteiger partial charge in [0.1, 0.15) is 6.20 Å². The maximum atomic E-state index is 4.22. The summed E-state index contributed by atoms with van der Waals surface area (Å²) in [7, 11) is 0. The number of aromatic amines is 1. The van der Waals surface area contributed by atoms with E-state index in [2.05, 4.69) is 10.1 Å². The van der Waals surface area contributed by atoms with E-state index in [1.54, 1.807) is 0 Å². The molecule has 0 radical (unpaired) electrons. The second-order valence-electron chi connectivity index (χ2n) is 2.24. The monoisotopic (exact) mass is 134 g/mol. The molecule has 0 saturated heterocycles. The lowest BCUT2D eigenvalue weighted by atomic mass is 10.5. The van der Waals surface area contributed by atoms with Gasteiger partial charge < -0.3 is 0 Å². The first kappa shape index (κ1) is 5.41. The quantitative estimate of drug-likeness (QED) is 0.521. The van der Waals surface area contributed by atoms with Crippen LogP contribution >= 0.6 is 0 Å². The molecule has 0 atom stereocenters. The summed E-state index contributed by atoms with van der Waals surface area (Å²) < 4.78 is 1.88. The maximum Gasteiger partial charge on any atom is 0.348 e. The van der Waals surface area contributed by atoms with Gasteiger partial charge in [0.05, 0.1) is 0 Å². The highest BCUT2D eigenvalue weighted by Crippen LogP contribution is 1.89. The van der Waals surface area contributed by atoms with E-state index >= 15 is 0 Å². The van der Waals surface area contributed by atoms with Crippen LogP contribution in [0.5, 0.6) is 0 Å². The molecule has 0 fully saturated rings. The summed E-state index contributed by atoms with van der Waals surface area (Å²) in [4.78, 5) is 4.22.